The lowest BCUT2D eigenvalue weighted by atomic mass is 10.0. The highest BCUT2D eigenvalue weighted by atomic mass is 32.2. The molecule has 3 N–H and O–H groups in total. The predicted molar refractivity (Wildman–Crippen MR) is 112 cm³/mol. The summed E-state index contributed by atoms with van der Waals surface area (Å²) in [6.07, 6.45) is 0. The number of aliphatic imine (C=N–C) groups is 1. The van der Waals surface area contributed by atoms with E-state index in [2.05, 4.69) is 10.3 Å². The first-order chi connectivity index (χ1) is 13.7. The van der Waals surface area contributed by atoms with Crippen LogP contribution in [0.3, 0.4) is 0 Å². The number of allylic oxidation sites excluding steroid dienone is 1. The Balaban J connectivity index is 1.97. The van der Waals surface area contributed by atoms with Crippen LogP contribution < -0.4 is 5.32 Å². The Morgan fingerprint density at radius 2 is 1.55 bits per heavy atom. The lowest BCUT2D eigenvalue weighted by molar-refractivity contribution is -0.115. The van der Waals surface area contributed by atoms with Crippen molar-refractivity contribution in [3.8, 4) is 0 Å². The van der Waals surface area contributed by atoms with Crippen molar-refractivity contribution in [1.82, 2.24) is 5.32 Å². The maximum atomic E-state index is 12.4. The van der Waals surface area contributed by atoms with Gasteiger partial charge in [0, 0.05) is 0 Å². The molecule has 0 spiro atoms. The number of benzene rings is 2. The Hall–Kier alpha value is -3.39. The van der Waals surface area contributed by atoms with Crippen LogP contribution in [0, 0.1) is 13.8 Å². The van der Waals surface area contributed by atoms with Gasteiger partial charge in [0.2, 0.25) is 0 Å². The summed E-state index contributed by atoms with van der Waals surface area (Å²) in [5.41, 5.74) is 3.74. The number of carbonyl (C=O) groups is 3. The van der Waals surface area contributed by atoms with Crippen molar-refractivity contribution in [2.24, 2.45) is 4.99 Å². The van der Waals surface area contributed by atoms with Crippen LogP contribution in [0.2, 0.25) is 0 Å². The molecule has 0 radical (unpaired) electrons. The standard InChI is InChI=1S/C21H18N2O5S/c1-10-4-5-13(6-11(10)2)12(3)17-18(24)23-21(29-17)22-16-8-14(19(25)26)7-15(9-16)20(27)28/h4-9H,1-3H3,(H,25,26)(H,27,28)(H,22,23,24)/b17-12-. The third-order valence-corrected chi connectivity index (χ3v) is 5.63. The van der Waals surface area contributed by atoms with Gasteiger partial charge in [-0.1, -0.05) is 18.2 Å². The van der Waals surface area contributed by atoms with Crippen molar-refractivity contribution in [1.29, 1.82) is 0 Å². The number of hydrogen-bond acceptors (Lipinski definition) is 5. The Kier molecular flexibility index (Phi) is 5.56. The van der Waals surface area contributed by atoms with E-state index in [1.165, 1.54) is 12.1 Å². The molecule has 7 nitrogen and oxygen atoms in total. The van der Waals surface area contributed by atoms with E-state index < -0.39 is 11.9 Å². The molecular weight excluding hydrogens is 392 g/mol. The quantitative estimate of drug-likeness (QED) is 0.657. The molecule has 0 unspecified atom stereocenters. The molecule has 3 rings (SSSR count). The van der Waals surface area contributed by atoms with Crippen LogP contribution in [0.25, 0.3) is 5.57 Å². The molecule has 148 valence electrons. The summed E-state index contributed by atoms with van der Waals surface area (Å²) in [6, 6.07) is 9.52. The molecule has 29 heavy (non-hydrogen) atoms. The van der Waals surface area contributed by atoms with Gasteiger partial charge in [0.25, 0.3) is 5.91 Å². The van der Waals surface area contributed by atoms with Gasteiger partial charge in [-0.2, -0.15) is 0 Å². The third kappa shape index (κ3) is 4.38. The number of nitrogens with zero attached hydrogens (tertiary/aromatic N) is 1. The van der Waals surface area contributed by atoms with Gasteiger partial charge < -0.3 is 15.5 Å². The SMILES string of the molecule is C/C(=C1/SC(=Nc2cc(C(=O)O)cc(C(=O)O)c2)NC1=O)c1ccc(C)c(C)c1. The second-order valence-corrected chi connectivity index (χ2v) is 7.60. The molecule has 1 aliphatic rings. The fraction of sp³-hybridized carbons (Fsp3) is 0.143. The highest BCUT2D eigenvalue weighted by molar-refractivity contribution is 8.18. The monoisotopic (exact) mass is 410 g/mol. The molecule has 0 aliphatic carbocycles. The van der Waals surface area contributed by atoms with Gasteiger partial charge in [-0.3, -0.25) is 4.79 Å². The number of aryl methyl sites for hydroxylation is 2. The second kappa shape index (κ2) is 7.92. The van der Waals surface area contributed by atoms with Crippen molar-refractivity contribution in [2.45, 2.75) is 20.8 Å². The number of hydrogen-bond donors (Lipinski definition) is 3. The van der Waals surface area contributed by atoms with Crippen molar-refractivity contribution >= 4 is 46.0 Å². The topological polar surface area (TPSA) is 116 Å². The molecule has 2 aromatic rings. The van der Waals surface area contributed by atoms with Gasteiger partial charge >= 0.3 is 11.9 Å². The fourth-order valence-electron chi connectivity index (χ4n) is 2.77. The second-order valence-electron chi connectivity index (χ2n) is 6.61. The number of aromatic carboxylic acids is 2. The van der Waals surface area contributed by atoms with Gasteiger partial charge in [-0.15, -0.1) is 0 Å². The minimum Gasteiger partial charge on any atom is -0.478 e. The van der Waals surface area contributed by atoms with Crippen LogP contribution in [-0.4, -0.2) is 33.2 Å². The van der Waals surface area contributed by atoms with Gasteiger partial charge in [0.15, 0.2) is 5.17 Å². The summed E-state index contributed by atoms with van der Waals surface area (Å²) in [5, 5.41) is 21.3. The zero-order valence-electron chi connectivity index (χ0n) is 15.9. The molecule has 8 heteroatoms. The van der Waals surface area contributed by atoms with Crippen molar-refractivity contribution < 1.29 is 24.6 Å². The number of carbonyl (C=O) groups excluding carboxylic acids is 1. The van der Waals surface area contributed by atoms with Crippen LogP contribution in [0.15, 0.2) is 46.3 Å². The zero-order valence-corrected chi connectivity index (χ0v) is 16.8. The zero-order chi connectivity index (χ0) is 21.3. The normalized spacial score (nSPS) is 16.7. The Morgan fingerprint density at radius 1 is 0.931 bits per heavy atom. The highest BCUT2D eigenvalue weighted by Gasteiger charge is 2.26. The number of carboxylic acids is 2. The lowest BCUT2D eigenvalue weighted by Gasteiger charge is -2.07. The molecule has 0 aromatic heterocycles. The number of amides is 1. The van der Waals surface area contributed by atoms with Crippen molar-refractivity contribution in [3.05, 3.63) is 69.1 Å². The van der Waals surface area contributed by atoms with Crippen molar-refractivity contribution in [2.75, 3.05) is 0 Å². The molecule has 1 heterocycles. The lowest BCUT2D eigenvalue weighted by Crippen LogP contribution is -2.19. The molecule has 0 atom stereocenters. The number of amidine groups is 1. The average molecular weight is 410 g/mol. The summed E-state index contributed by atoms with van der Waals surface area (Å²) < 4.78 is 0. The summed E-state index contributed by atoms with van der Waals surface area (Å²) in [6.45, 7) is 5.86. The Labute approximate surface area is 171 Å². The van der Waals surface area contributed by atoms with Crippen LogP contribution in [0.1, 0.15) is 44.3 Å². The molecule has 1 aliphatic heterocycles. The summed E-state index contributed by atoms with van der Waals surface area (Å²) in [7, 11) is 0. The van der Waals surface area contributed by atoms with E-state index in [0.717, 1.165) is 40.1 Å². The first kappa shape index (κ1) is 20.3. The molecule has 1 fully saturated rings. The minimum atomic E-state index is -1.26. The van der Waals surface area contributed by atoms with E-state index in [1.54, 1.807) is 0 Å². The van der Waals surface area contributed by atoms with Crippen LogP contribution in [0.4, 0.5) is 5.69 Å². The number of thioether (sulfide) groups is 1. The van der Waals surface area contributed by atoms with Gasteiger partial charge in [-0.25, -0.2) is 14.6 Å². The van der Waals surface area contributed by atoms with E-state index in [9.17, 15) is 24.6 Å². The maximum Gasteiger partial charge on any atom is 0.335 e. The molecular formula is C21H18N2O5S. The Bertz CT molecular complexity index is 1090. The van der Waals surface area contributed by atoms with E-state index in [4.69, 9.17) is 0 Å². The Morgan fingerprint density at radius 3 is 2.10 bits per heavy atom. The highest BCUT2D eigenvalue weighted by Crippen LogP contribution is 2.33. The van der Waals surface area contributed by atoms with Gasteiger partial charge in [0.05, 0.1) is 21.7 Å². The van der Waals surface area contributed by atoms with E-state index in [1.807, 2.05) is 39.0 Å². The summed E-state index contributed by atoms with van der Waals surface area (Å²) in [4.78, 5) is 39.6. The third-order valence-electron chi connectivity index (χ3n) is 4.55. The largest absolute Gasteiger partial charge is 0.478 e. The molecule has 1 saturated heterocycles. The van der Waals surface area contributed by atoms with E-state index >= 15 is 0 Å². The minimum absolute atomic E-state index is 0.134. The van der Waals surface area contributed by atoms with Gasteiger partial charge in [0.1, 0.15) is 0 Å². The summed E-state index contributed by atoms with van der Waals surface area (Å²) in [5.74, 6) is -2.83. The molecule has 0 bridgehead atoms. The maximum absolute atomic E-state index is 12.4. The smallest absolute Gasteiger partial charge is 0.335 e. The molecule has 2 aromatic carbocycles. The molecule has 1 amide bonds. The van der Waals surface area contributed by atoms with Crippen LogP contribution >= 0.6 is 11.8 Å². The van der Waals surface area contributed by atoms with Crippen LogP contribution in [-0.2, 0) is 4.79 Å². The fourth-order valence-corrected chi connectivity index (χ4v) is 3.67. The first-order valence-corrected chi connectivity index (χ1v) is 9.45. The first-order valence-electron chi connectivity index (χ1n) is 8.64. The van der Waals surface area contributed by atoms with E-state index in [-0.39, 0.29) is 27.9 Å². The number of carboxylic acid groups (broad SMARTS) is 2. The summed E-state index contributed by atoms with van der Waals surface area (Å²) >= 11 is 1.13. The number of rotatable bonds is 4. The van der Waals surface area contributed by atoms with E-state index in [0.29, 0.717) is 4.91 Å². The predicted octanol–water partition coefficient (Wildman–Crippen LogP) is 3.98. The van der Waals surface area contributed by atoms with Crippen molar-refractivity contribution in [3.63, 3.8) is 0 Å². The number of nitrogens with one attached hydrogen (secondary N) is 1. The van der Waals surface area contributed by atoms with Crippen LogP contribution in [0.5, 0.6) is 0 Å². The molecule has 0 saturated carbocycles. The van der Waals surface area contributed by atoms with Gasteiger partial charge in [-0.05, 0) is 73.0 Å². The average Bonchev–Trinajstić information content (AvgIpc) is 3.03.